The zero-order chi connectivity index (χ0) is 16.9. The molecule has 0 unspecified atom stereocenters. The summed E-state index contributed by atoms with van der Waals surface area (Å²) in [4.78, 5) is 24.0. The molecular weight excluding hydrogens is 352 g/mol. The lowest BCUT2D eigenvalue weighted by atomic mass is 10.4. The summed E-state index contributed by atoms with van der Waals surface area (Å²) in [5.74, 6) is 5.96. The summed E-state index contributed by atoms with van der Waals surface area (Å²) in [7, 11) is 0. The Hall–Kier alpha value is -2.79. The van der Waals surface area contributed by atoms with Crippen molar-refractivity contribution in [1.29, 1.82) is 0 Å². The summed E-state index contributed by atoms with van der Waals surface area (Å²) in [5.41, 5.74) is 4.66. The van der Waals surface area contributed by atoms with E-state index in [4.69, 9.17) is 10.3 Å². The minimum absolute atomic E-state index is 0.0121. The zero-order valence-corrected chi connectivity index (χ0v) is 13.8. The molecule has 0 aliphatic carbocycles. The van der Waals surface area contributed by atoms with E-state index in [1.54, 1.807) is 29.6 Å². The zero-order valence-electron chi connectivity index (χ0n) is 12.1. The van der Waals surface area contributed by atoms with Crippen molar-refractivity contribution in [1.82, 2.24) is 25.7 Å². The Morgan fingerprint density at radius 1 is 1.29 bits per heavy atom. The van der Waals surface area contributed by atoms with Crippen molar-refractivity contribution in [3.63, 3.8) is 0 Å². The number of nitrogens with zero attached hydrogens (tertiary/aromatic N) is 3. The van der Waals surface area contributed by atoms with Crippen molar-refractivity contribution in [2.45, 2.75) is 5.16 Å². The van der Waals surface area contributed by atoms with Gasteiger partial charge in [-0.15, -0.1) is 21.5 Å². The van der Waals surface area contributed by atoms with Crippen LogP contribution in [0.5, 0.6) is 0 Å². The number of thioether (sulfide) groups is 1. The van der Waals surface area contributed by atoms with Crippen LogP contribution in [0.25, 0.3) is 11.6 Å². The molecule has 4 N–H and O–H groups in total. The fourth-order valence-electron chi connectivity index (χ4n) is 1.71. The van der Waals surface area contributed by atoms with Gasteiger partial charge in [-0.2, -0.15) is 0 Å². The highest BCUT2D eigenvalue weighted by molar-refractivity contribution is 7.99. The van der Waals surface area contributed by atoms with Gasteiger partial charge in [-0.3, -0.25) is 20.4 Å². The van der Waals surface area contributed by atoms with E-state index in [0.29, 0.717) is 21.6 Å². The standard InChI is InChI=1S/C13H12N6O3S2/c14-19-11(8-3-1-5-22-8)16-18-13(19)24-7-10(20)15-17-12(21)9-4-2-6-23-9/h1-6H,7,14H2,(H,15,20)(H,17,21). The Kier molecular flexibility index (Phi) is 4.82. The van der Waals surface area contributed by atoms with E-state index in [1.165, 1.54) is 22.3 Å². The molecule has 0 spiro atoms. The number of nitrogen functional groups attached to an aromatic ring is 1. The topological polar surface area (TPSA) is 128 Å². The third kappa shape index (κ3) is 3.58. The molecule has 2 amide bonds. The van der Waals surface area contributed by atoms with Crippen molar-refractivity contribution in [2.24, 2.45) is 0 Å². The van der Waals surface area contributed by atoms with Gasteiger partial charge in [0, 0.05) is 0 Å². The van der Waals surface area contributed by atoms with Crippen LogP contribution >= 0.6 is 23.1 Å². The van der Waals surface area contributed by atoms with Crippen molar-refractivity contribution in [2.75, 3.05) is 11.6 Å². The van der Waals surface area contributed by atoms with E-state index in [2.05, 4.69) is 21.0 Å². The molecule has 24 heavy (non-hydrogen) atoms. The predicted molar refractivity (Wildman–Crippen MR) is 88.5 cm³/mol. The number of hydrazine groups is 1. The number of nitrogens with one attached hydrogen (secondary N) is 2. The molecule has 3 rings (SSSR count). The molecule has 0 fully saturated rings. The van der Waals surface area contributed by atoms with Crippen molar-refractivity contribution >= 4 is 34.9 Å². The number of hydrogen-bond donors (Lipinski definition) is 3. The van der Waals surface area contributed by atoms with E-state index in [-0.39, 0.29) is 11.7 Å². The van der Waals surface area contributed by atoms with Crippen LogP contribution in [0.15, 0.2) is 45.5 Å². The Morgan fingerprint density at radius 2 is 2.17 bits per heavy atom. The van der Waals surface area contributed by atoms with Crippen molar-refractivity contribution in [3.05, 3.63) is 40.8 Å². The molecule has 3 heterocycles. The molecule has 124 valence electrons. The molecule has 0 aliphatic rings. The van der Waals surface area contributed by atoms with Crippen LogP contribution in [0, 0.1) is 0 Å². The molecule has 0 saturated heterocycles. The second kappa shape index (κ2) is 7.19. The number of hydrogen-bond acceptors (Lipinski definition) is 8. The number of thiophene rings is 1. The van der Waals surface area contributed by atoms with Crippen LogP contribution in [0.1, 0.15) is 9.67 Å². The number of carbonyl (C=O) groups excluding carboxylic acids is 2. The first-order valence-corrected chi connectivity index (χ1v) is 8.51. The first-order chi connectivity index (χ1) is 11.6. The summed E-state index contributed by atoms with van der Waals surface area (Å²) < 4.78 is 6.44. The van der Waals surface area contributed by atoms with Crippen molar-refractivity contribution in [3.8, 4) is 11.6 Å². The Bertz CT molecular complexity index is 828. The summed E-state index contributed by atoms with van der Waals surface area (Å²) in [6.45, 7) is 0. The molecule has 0 bridgehead atoms. The number of furan rings is 1. The van der Waals surface area contributed by atoms with Crippen LogP contribution in [0.3, 0.4) is 0 Å². The Labute approximate surface area is 144 Å². The lowest BCUT2D eigenvalue weighted by Crippen LogP contribution is -2.42. The van der Waals surface area contributed by atoms with Gasteiger partial charge in [-0.25, -0.2) is 4.68 Å². The molecule has 3 aromatic rings. The first-order valence-electron chi connectivity index (χ1n) is 6.65. The molecule has 0 radical (unpaired) electrons. The van der Waals surface area contributed by atoms with E-state index in [9.17, 15) is 9.59 Å². The number of nitrogens with two attached hydrogens (primary N) is 1. The third-order valence-corrected chi connectivity index (χ3v) is 4.61. The maximum Gasteiger partial charge on any atom is 0.279 e. The van der Waals surface area contributed by atoms with Gasteiger partial charge in [0.05, 0.1) is 16.9 Å². The smallest absolute Gasteiger partial charge is 0.279 e. The van der Waals surface area contributed by atoms with Gasteiger partial charge >= 0.3 is 0 Å². The number of aromatic nitrogens is 3. The Morgan fingerprint density at radius 3 is 2.88 bits per heavy atom. The molecule has 0 atom stereocenters. The van der Waals surface area contributed by atoms with Crippen LogP contribution < -0.4 is 16.7 Å². The largest absolute Gasteiger partial charge is 0.461 e. The van der Waals surface area contributed by atoms with Gasteiger partial charge in [0.2, 0.25) is 16.9 Å². The molecule has 11 heteroatoms. The average molecular weight is 364 g/mol. The number of amides is 2. The monoisotopic (exact) mass is 364 g/mol. The fraction of sp³-hybridized carbons (Fsp3) is 0.0769. The molecule has 0 saturated carbocycles. The molecule has 0 aliphatic heterocycles. The molecule has 0 aromatic carbocycles. The minimum atomic E-state index is -0.396. The second-order valence-corrected chi connectivity index (χ2v) is 6.31. The van der Waals surface area contributed by atoms with E-state index < -0.39 is 5.91 Å². The molecule has 9 nitrogen and oxygen atoms in total. The van der Waals surface area contributed by atoms with Gasteiger partial charge in [0.15, 0.2) is 5.76 Å². The molecular formula is C13H12N6O3S2. The SMILES string of the molecule is Nn1c(SCC(=O)NNC(=O)c2cccs2)nnc1-c1ccco1. The van der Waals surface area contributed by atoms with E-state index >= 15 is 0 Å². The Balaban J connectivity index is 1.51. The summed E-state index contributed by atoms with van der Waals surface area (Å²) in [6, 6.07) is 6.82. The van der Waals surface area contributed by atoms with Crippen LogP contribution in [-0.2, 0) is 4.79 Å². The summed E-state index contributed by atoms with van der Waals surface area (Å²) in [6.07, 6.45) is 1.50. The highest BCUT2D eigenvalue weighted by Crippen LogP contribution is 2.21. The van der Waals surface area contributed by atoms with E-state index in [0.717, 1.165) is 11.8 Å². The maximum absolute atomic E-state index is 11.8. The normalized spacial score (nSPS) is 10.5. The fourth-order valence-corrected chi connectivity index (χ4v) is 2.99. The quantitative estimate of drug-likeness (QED) is 0.348. The number of carbonyl (C=O) groups is 2. The van der Waals surface area contributed by atoms with Gasteiger partial charge in [0.25, 0.3) is 5.91 Å². The first kappa shape index (κ1) is 16.1. The van der Waals surface area contributed by atoms with Crippen LogP contribution in [0.4, 0.5) is 0 Å². The minimum Gasteiger partial charge on any atom is -0.461 e. The third-order valence-electron chi connectivity index (χ3n) is 2.80. The van der Waals surface area contributed by atoms with Gasteiger partial charge in [-0.05, 0) is 23.6 Å². The summed E-state index contributed by atoms with van der Waals surface area (Å²) in [5, 5.41) is 9.95. The maximum atomic E-state index is 11.8. The van der Waals surface area contributed by atoms with Gasteiger partial charge < -0.3 is 10.3 Å². The lowest BCUT2D eigenvalue weighted by Gasteiger charge is -2.06. The average Bonchev–Trinajstić information content (AvgIpc) is 3.32. The van der Waals surface area contributed by atoms with Crippen LogP contribution in [0.2, 0.25) is 0 Å². The molecule has 3 aromatic heterocycles. The van der Waals surface area contributed by atoms with Crippen LogP contribution in [-0.4, -0.2) is 32.4 Å². The predicted octanol–water partition coefficient (Wildman–Crippen LogP) is 0.867. The number of rotatable bonds is 5. The van der Waals surface area contributed by atoms with E-state index in [1.807, 2.05) is 0 Å². The highest BCUT2D eigenvalue weighted by Gasteiger charge is 2.15. The lowest BCUT2D eigenvalue weighted by molar-refractivity contribution is -0.119. The summed E-state index contributed by atoms with van der Waals surface area (Å²) >= 11 is 2.37. The van der Waals surface area contributed by atoms with Gasteiger partial charge in [0.1, 0.15) is 0 Å². The van der Waals surface area contributed by atoms with Gasteiger partial charge in [-0.1, -0.05) is 17.8 Å². The highest BCUT2D eigenvalue weighted by atomic mass is 32.2. The van der Waals surface area contributed by atoms with Crippen molar-refractivity contribution < 1.29 is 14.0 Å². The second-order valence-electron chi connectivity index (χ2n) is 4.42.